The Morgan fingerprint density at radius 3 is 2.75 bits per heavy atom. The van der Waals surface area contributed by atoms with Gasteiger partial charge in [-0.15, -0.1) is 11.3 Å². The van der Waals surface area contributed by atoms with Crippen LogP contribution in [0.3, 0.4) is 0 Å². The number of carbonyl (C=O) groups excluding carboxylic acids is 2. The van der Waals surface area contributed by atoms with E-state index in [9.17, 15) is 23.6 Å². The van der Waals surface area contributed by atoms with Gasteiger partial charge >= 0.3 is 0 Å². The van der Waals surface area contributed by atoms with Gasteiger partial charge in [0.25, 0.3) is 18.2 Å². The van der Waals surface area contributed by atoms with E-state index in [1.807, 2.05) is 28.8 Å². The Bertz CT molecular complexity index is 1360. The van der Waals surface area contributed by atoms with Gasteiger partial charge in [0.1, 0.15) is 11.6 Å². The van der Waals surface area contributed by atoms with Crippen LogP contribution in [0.4, 0.5) is 14.7 Å². The molecule has 1 aliphatic heterocycles. The quantitative estimate of drug-likeness (QED) is 0.358. The van der Waals surface area contributed by atoms with Crippen LogP contribution in [-0.2, 0) is 11.3 Å². The Hall–Kier alpha value is -3.62. The Balaban J connectivity index is 1.62. The summed E-state index contributed by atoms with van der Waals surface area (Å²) in [6.07, 6.45) is 0.293. The molecule has 0 radical (unpaired) electrons. The van der Waals surface area contributed by atoms with Crippen molar-refractivity contribution in [1.82, 2.24) is 14.5 Å². The van der Waals surface area contributed by atoms with E-state index in [-0.39, 0.29) is 33.2 Å². The summed E-state index contributed by atoms with van der Waals surface area (Å²) in [4.78, 5) is 32.2. The van der Waals surface area contributed by atoms with E-state index in [0.29, 0.717) is 25.0 Å². The fourth-order valence-electron chi connectivity index (χ4n) is 4.28. The number of hydrogen-bond acceptors (Lipinski definition) is 6. The number of aromatic nitrogens is 2. The number of rotatable bonds is 7. The lowest BCUT2D eigenvalue weighted by Gasteiger charge is -2.26. The second kappa shape index (κ2) is 10.2. The van der Waals surface area contributed by atoms with Crippen LogP contribution >= 0.6 is 11.3 Å². The smallest absolute Gasteiger partial charge is 0.272 e. The highest BCUT2D eigenvalue weighted by molar-refractivity contribution is 7.14. The lowest BCUT2D eigenvalue weighted by molar-refractivity contribution is -0.127. The van der Waals surface area contributed by atoms with Crippen LogP contribution in [0.15, 0.2) is 48.0 Å². The van der Waals surface area contributed by atoms with Gasteiger partial charge in [0.05, 0.1) is 26.8 Å². The molecule has 0 aliphatic carbocycles. The summed E-state index contributed by atoms with van der Waals surface area (Å²) in [5.74, 6) is -0.666. The number of imidazole rings is 1. The van der Waals surface area contributed by atoms with Gasteiger partial charge in [-0.25, -0.2) is 13.8 Å². The normalized spacial score (nSPS) is 16.5. The number of nitriles is 1. The predicted molar refractivity (Wildman–Crippen MR) is 134 cm³/mol. The Kier molecular flexibility index (Phi) is 7.19. The predicted octanol–water partition coefficient (Wildman–Crippen LogP) is 4.47. The van der Waals surface area contributed by atoms with Gasteiger partial charge in [-0.05, 0) is 57.0 Å². The molecular formula is C25H26F2N6O2S. The molecule has 0 unspecified atom stereocenters. The zero-order valence-electron chi connectivity index (χ0n) is 19.9. The average Bonchev–Trinajstić information content (AvgIpc) is 3.56. The molecule has 1 atom stereocenters. The molecule has 1 saturated heterocycles. The SMILES string of the molecule is CC(C)(N)/C=C(\C#N)C(=O)N1CCC[C@@H]1Cn1c(NC(=O)c2ccc(C(F)F)s2)nc2ccccc21. The number of fused-ring (bicyclic) bond motifs is 1. The van der Waals surface area contributed by atoms with Gasteiger partial charge in [0.15, 0.2) is 0 Å². The first-order valence-electron chi connectivity index (χ1n) is 11.4. The fourth-order valence-corrected chi connectivity index (χ4v) is 5.04. The van der Waals surface area contributed by atoms with E-state index < -0.39 is 17.9 Å². The largest absolute Gasteiger partial charge is 0.333 e. The van der Waals surface area contributed by atoms with Gasteiger partial charge < -0.3 is 15.2 Å². The molecule has 1 aromatic carbocycles. The summed E-state index contributed by atoms with van der Waals surface area (Å²) in [6.45, 7) is 4.25. The summed E-state index contributed by atoms with van der Waals surface area (Å²) < 4.78 is 27.8. The number of anilines is 1. The van der Waals surface area contributed by atoms with Crippen molar-refractivity contribution in [3.63, 3.8) is 0 Å². The summed E-state index contributed by atoms with van der Waals surface area (Å²) in [6, 6.07) is 11.7. The average molecular weight is 513 g/mol. The maximum atomic E-state index is 13.2. The Morgan fingerprint density at radius 2 is 2.08 bits per heavy atom. The van der Waals surface area contributed by atoms with Gasteiger partial charge in [0, 0.05) is 18.6 Å². The van der Waals surface area contributed by atoms with Crippen molar-refractivity contribution in [2.45, 2.75) is 51.2 Å². The second-order valence-electron chi connectivity index (χ2n) is 9.28. The fraction of sp³-hybridized carbons (Fsp3) is 0.360. The highest BCUT2D eigenvalue weighted by Gasteiger charge is 2.32. The third kappa shape index (κ3) is 5.45. The number of nitrogens with zero attached hydrogens (tertiary/aromatic N) is 4. The molecule has 0 saturated carbocycles. The summed E-state index contributed by atoms with van der Waals surface area (Å²) in [5.41, 5.74) is 6.57. The number of amides is 2. The Labute approximate surface area is 211 Å². The first-order valence-corrected chi connectivity index (χ1v) is 12.3. The molecule has 188 valence electrons. The molecule has 2 amide bonds. The van der Waals surface area contributed by atoms with Crippen molar-refractivity contribution in [3.05, 3.63) is 57.8 Å². The molecule has 3 heterocycles. The van der Waals surface area contributed by atoms with Crippen LogP contribution in [0.1, 0.15) is 47.7 Å². The van der Waals surface area contributed by atoms with Gasteiger partial charge in [-0.2, -0.15) is 5.26 Å². The molecule has 36 heavy (non-hydrogen) atoms. The summed E-state index contributed by atoms with van der Waals surface area (Å²) >= 11 is 0.729. The molecule has 4 rings (SSSR count). The molecule has 3 aromatic rings. The number of nitrogens with two attached hydrogens (primary N) is 1. The molecule has 0 bridgehead atoms. The van der Waals surface area contributed by atoms with E-state index >= 15 is 0 Å². The lowest BCUT2D eigenvalue weighted by Crippen LogP contribution is -2.40. The van der Waals surface area contributed by atoms with Crippen molar-refractivity contribution in [1.29, 1.82) is 5.26 Å². The Morgan fingerprint density at radius 1 is 1.33 bits per heavy atom. The maximum Gasteiger partial charge on any atom is 0.272 e. The second-order valence-corrected chi connectivity index (χ2v) is 10.4. The first kappa shape index (κ1) is 25.5. The van der Waals surface area contributed by atoms with Gasteiger partial charge in [-0.3, -0.25) is 14.9 Å². The minimum Gasteiger partial charge on any atom is -0.333 e. The number of para-hydroxylation sites is 2. The summed E-state index contributed by atoms with van der Waals surface area (Å²) in [7, 11) is 0. The third-order valence-corrected chi connectivity index (χ3v) is 6.94. The molecule has 1 fully saturated rings. The van der Waals surface area contributed by atoms with Crippen molar-refractivity contribution in [2.24, 2.45) is 5.73 Å². The van der Waals surface area contributed by atoms with E-state index in [1.54, 1.807) is 24.8 Å². The number of alkyl halides is 2. The monoisotopic (exact) mass is 512 g/mol. The van der Waals surface area contributed by atoms with Crippen LogP contribution in [0.2, 0.25) is 0 Å². The molecule has 3 N–H and O–H groups in total. The van der Waals surface area contributed by atoms with Crippen molar-refractivity contribution < 1.29 is 18.4 Å². The standard InChI is InChI=1S/C25H26F2N6O2S/c1-25(2,29)12-15(13-28)23(35)32-11-5-6-16(32)14-33-18-8-4-3-7-17(18)30-24(33)31-22(34)20-10-9-19(36-20)21(26)27/h3-4,7-10,12,16,21H,5-6,11,14,29H2,1-2H3,(H,30,31,34)/b15-12+/t16-/m1/s1. The lowest BCUT2D eigenvalue weighted by atomic mass is 10.0. The van der Waals surface area contributed by atoms with Crippen molar-refractivity contribution >= 4 is 40.1 Å². The topological polar surface area (TPSA) is 117 Å². The van der Waals surface area contributed by atoms with Crippen molar-refractivity contribution in [3.8, 4) is 6.07 Å². The van der Waals surface area contributed by atoms with Crippen LogP contribution in [0.25, 0.3) is 11.0 Å². The first-order chi connectivity index (χ1) is 17.1. The number of hydrogen-bond donors (Lipinski definition) is 2. The van der Waals surface area contributed by atoms with Crippen LogP contribution in [0, 0.1) is 11.3 Å². The van der Waals surface area contributed by atoms with Gasteiger partial charge in [-0.1, -0.05) is 12.1 Å². The number of thiophene rings is 1. The van der Waals surface area contributed by atoms with Crippen LogP contribution in [-0.4, -0.2) is 44.4 Å². The zero-order chi connectivity index (χ0) is 26.0. The highest BCUT2D eigenvalue weighted by Crippen LogP contribution is 2.29. The minimum absolute atomic E-state index is 0.00838. The third-order valence-electron chi connectivity index (χ3n) is 5.84. The maximum absolute atomic E-state index is 13.2. The van der Waals surface area contributed by atoms with E-state index in [0.717, 1.165) is 23.3 Å². The molecule has 11 heteroatoms. The van der Waals surface area contributed by atoms with E-state index in [4.69, 9.17) is 5.73 Å². The van der Waals surface area contributed by atoms with Crippen LogP contribution in [0.5, 0.6) is 0 Å². The summed E-state index contributed by atoms with van der Waals surface area (Å²) in [5, 5.41) is 12.3. The minimum atomic E-state index is -2.65. The van der Waals surface area contributed by atoms with Crippen molar-refractivity contribution in [2.75, 3.05) is 11.9 Å². The number of benzene rings is 1. The number of carbonyl (C=O) groups is 2. The zero-order valence-corrected chi connectivity index (χ0v) is 20.7. The molecule has 1 aliphatic rings. The van der Waals surface area contributed by atoms with Crippen LogP contribution < -0.4 is 11.1 Å². The highest BCUT2D eigenvalue weighted by atomic mass is 32.1. The number of likely N-dealkylation sites (tertiary alicyclic amines) is 1. The molecule has 0 spiro atoms. The van der Waals surface area contributed by atoms with E-state index in [2.05, 4.69) is 10.3 Å². The van der Waals surface area contributed by atoms with Gasteiger partial charge in [0.2, 0.25) is 5.95 Å². The molecule has 8 nitrogen and oxygen atoms in total. The molecular weight excluding hydrogens is 486 g/mol. The number of halogens is 2. The molecule has 2 aromatic heterocycles. The van der Waals surface area contributed by atoms with E-state index in [1.165, 1.54) is 18.2 Å². The number of nitrogens with one attached hydrogen (secondary N) is 1.